The third kappa shape index (κ3) is 3.81. The average Bonchev–Trinajstić information content (AvgIpc) is 2.15. The van der Waals surface area contributed by atoms with Crippen LogP contribution in [0.5, 0.6) is 0 Å². The highest BCUT2D eigenvalue weighted by Crippen LogP contribution is 2.34. The van der Waals surface area contributed by atoms with Crippen LogP contribution in [0.25, 0.3) is 0 Å². The van der Waals surface area contributed by atoms with Crippen molar-refractivity contribution in [3.05, 3.63) is 34.3 Å². The summed E-state index contributed by atoms with van der Waals surface area (Å²) in [5.41, 5.74) is 4.30. The molecule has 0 unspecified atom stereocenters. The molecule has 0 fully saturated rings. The smallest absolute Gasteiger partial charge is 0.324 e. The van der Waals surface area contributed by atoms with E-state index in [2.05, 4.69) is 0 Å². The van der Waals surface area contributed by atoms with E-state index in [0.29, 0.717) is 6.07 Å². The fraction of sp³-hybridized carbons (Fsp3) is 0.400. The first-order valence-electron chi connectivity index (χ1n) is 4.62. The van der Waals surface area contributed by atoms with Crippen molar-refractivity contribution in [3.63, 3.8) is 0 Å². The Morgan fingerprint density at radius 1 is 1.24 bits per heavy atom. The molecule has 1 nitrogen and oxygen atoms in total. The minimum atomic E-state index is -4.55. The second kappa shape index (κ2) is 5.18. The third-order valence-electron chi connectivity index (χ3n) is 2.15. The second-order valence-corrected chi connectivity index (χ2v) is 3.87. The number of alkyl halides is 5. The Hall–Kier alpha value is -0.880. The molecule has 0 spiro atoms. The molecule has 2 N–H and O–H groups in total. The minimum Gasteiger partial charge on any atom is -0.324 e. The lowest BCUT2D eigenvalue weighted by Gasteiger charge is -2.15. The molecule has 0 saturated carbocycles. The molecular weight excluding hydrogens is 265 g/mol. The summed E-state index contributed by atoms with van der Waals surface area (Å²) in [6.07, 6.45) is -7.99. The Kier molecular flexibility index (Phi) is 4.32. The molecule has 1 rings (SSSR count). The number of benzene rings is 1. The molecule has 0 heterocycles. The molecule has 0 radical (unpaired) electrons. The maximum atomic E-state index is 12.4. The van der Waals surface area contributed by atoms with Gasteiger partial charge in [0, 0.05) is 17.5 Å². The van der Waals surface area contributed by atoms with Crippen LogP contribution in [0.15, 0.2) is 18.2 Å². The van der Waals surface area contributed by atoms with Crippen molar-refractivity contribution in [1.29, 1.82) is 0 Å². The number of hydrogen-bond acceptors (Lipinski definition) is 1. The van der Waals surface area contributed by atoms with Crippen LogP contribution in [-0.4, -0.2) is 6.43 Å². The molecule has 0 amide bonds. The average molecular weight is 274 g/mol. The summed E-state index contributed by atoms with van der Waals surface area (Å²) in [6, 6.07) is 1.27. The summed E-state index contributed by atoms with van der Waals surface area (Å²) in [7, 11) is 0. The van der Waals surface area contributed by atoms with Gasteiger partial charge in [0.1, 0.15) is 0 Å². The summed E-state index contributed by atoms with van der Waals surface area (Å²) >= 11 is 5.63. The van der Waals surface area contributed by atoms with Gasteiger partial charge in [-0.15, -0.1) is 0 Å². The Bertz CT molecular complexity index is 391. The van der Waals surface area contributed by atoms with E-state index in [9.17, 15) is 22.0 Å². The molecule has 17 heavy (non-hydrogen) atoms. The zero-order valence-corrected chi connectivity index (χ0v) is 9.19. The first kappa shape index (κ1) is 14.2. The topological polar surface area (TPSA) is 26.0 Å². The van der Waals surface area contributed by atoms with Gasteiger partial charge in [-0.1, -0.05) is 11.6 Å². The van der Waals surface area contributed by atoms with E-state index in [4.69, 9.17) is 17.3 Å². The second-order valence-electron chi connectivity index (χ2n) is 3.47. The maximum absolute atomic E-state index is 12.4. The number of rotatable bonds is 3. The highest BCUT2D eigenvalue weighted by atomic mass is 35.5. The standard InChI is InChI=1S/C10H9ClF5N/c11-7-2-1-5(10(14,15)16)3-6(7)8(17)4-9(12)13/h1-3,8-9H,4,17H2/t8-/m1/s1. The molecular formula is C10H9ClF5N. The van der Waals surface area contributed by atoms with Gasteiger partial charge in [-0.25, -0.2) is 8.78 Å². The van der Waals surface area contributed by atoms with Gasteiger partial charge in [-0.05, 0) is 23.8 Å². The van der Waals surface area contributed by atoms with Crippen LogP contribution in [0.3, 0.4) is 0 Å². The predicted octanol–water partition coefficient (Wildman–Crippen LogP) is 4.01. The monoisotopic (exact) mass is 273 g/mol. The quantitative estimate of drug-likeness (QED) is 0.827. The molecule has 0 aliphatic rings. The zero-order chi connectivity index (χ0) is 13.2. The van der Waals surface area contributed by atoms with E-state index in [0.717, 1.165) is 12.1 Å². The maximum Gasteiger partial charge on any atom is 0.416 e. The highest BCUT2D eigenvalue weighted by Gasteiger charge is 2.31. The van der Waals surface area contributed by atoms with E-state index in [-0.39, 0.29) is 10.6 Å². The zero-order valence-electron chi connectivity index (χ0n) is 8.44. The predicted molar refractivity (Wildman–Crippen MR) is 54.0 cm³/mol. The lowest BCUT2D eigenvalue weighted by Crippen LogP contribution is -2.16. The lowest BCUT2D eigenvalue weighted by molar-refractivity contribution is -0.137. The van der Waals surface area contributed by atoms with Crippen LogP contribution in [0, 0.1) is 0 Å². The Balaban J connectivity index is 3.06. The molecule has 7 heteroatoms. The molecule has 1 aromatic rings. The Morgan fingerprint density at radius 2 is 1.82 bits per heavy atom. The molecule has 0 aliphatic carbocycles. The van der Waals surface area contributed by atoms with Crippen LogP contribution in [0.2, 0.25) is 5.02 Å². The number of halogens is 6. The van der Waals surface area contributed by atoms with Crippen molar-refractivity contribution in [1.82, 2.24) is 0 Å². The van der Waals surface area contributed by atoms with E-state index in [1.54, 1.807) is 0 Å². The van der Waals surface area contributed by atoms with Gasteiger partial charge in [-0.2, -0.15) is 13.2 Å². The summed E-state index contributed by atoms with van der Waals surface area (Å²) in [5.74, 6) is 0. The van der Waals surface area contributed by atoms with Crippen molar-refractivity contribution < 1.29 is 22.0 Å². The van der Waals surface area contributed by atoms with Crippen molar-refractivity contribution in [2.75, 3.05) is 0 Å². The molecule has 1 atom stereocenters. The van der Waals surface area contributed by atoms with Gasteiger partial charge in [0.05, 0.1) is 5.56 Å². The normalized spacial score (nSPS) is 14.1. The molecule has 0 saturated heterocycles. The first-order chi connectivity index (χ1) is 7.71. The minimum absolute atomic E-state index is 0.0499. The molecule has 1 aromatic carbocycles. The first-order valence-corrected chi connectivity index (χ1v) is 5.00. The fourth-order valence-electron chi connectivity index (χ4n) is 1.32. The van der Waals surface area contributed by atoms with E-state index in [1.165, 1.54) is 0 Å². The van der Waals surface area contributed by atoms with Crippen molar-refractivity contribution in [2.45, 2.75) is 25.1 Å². The van der Waals surface area contributed by atoms with Crippen molar-refractivity contribution >= 4 is 11.6 Å². The van der Waals surface area contributed by atoms with E-state index in [1.807, 2.05) is 0 Å². The molecule has 0 aromatic heterocycles. The van der Waals surface area contributed by atoms with Crippen LogP contribution in [0.4, 0.5) is 22.0 Å². The molecule has 0 bridgehead atoms. The van der Waals surface area contributed by atoms with Crippen LogP contribution >= 0.6 is 11.6 Å². The Morgan fingerprint density at radius 3 is 2.29 bits per heavy atom. The van der Waals surface area contributed by atoms with Crippen LogP contribution in [-0.2, 0) is 6.18 Å². The van der Waals surface area contributed by atoms with E-state index >= 15 is 0 Å². The summed E-state index contributed by atoms with van der Waals surface area (Å²) < 4.78 is 61.4. The van der Waals surface area contributed by atoms with Gasteiger partial charge < -0.3 is 5.73 Å². The third-order valence-corrected chi connectivity index (χ3v) is 2.50. The number of nitrogens with two attached hydrogens (primary N) is 1. The van der Waals surface area contributed by atoms with Gasteiger partial charge in [0.25, 0.3) is 0 Å². The van der Waals surface area contributed by atoms with Crippen LogP contribution < -0.4 is 5.73 Å². The lowest BCUT2D eigenvalue weighted by atomic mass is 10.0. The van der Waals surface area contributed by atoms with Gasteiger partial charge in [0.15, 0.2) is 0 Å². The van der Waals surface area contributed by atoms with Gasteiger partial charge >= 0.3 is 6.18 Å². The van der Waals surface area contributed by atoms with Crippen LogP contribution in [0.1, 0.15) is 23.6 Å². The van der Waals surface area contributed by atoms with Gasteiger partial charge in [-0.3, -0.25) is 0 Å². The molecule has 96 valence electrons. The summed E-state index contributed by atoms with van der Waals surface area (Å²) in [4.78, 5) is 0. The van der Waals surface area contributed by atoms with Gasteiger partial charge in [0.2, 0.25) is 6.43 Å². The number of hydrogen-bond donors (Lipinski definition) is 1. The van der Waals surface area contributed by atoms with E-state index < -0.39 is 30.6 Å². The fourth-order valence-corrected chi connectivity index (χ4v) is 1.58. The van der Waals surface area contributed by atoms with Crippen molar-refractivity contribution in [3.8, 4) is 0 Å². The SMILES string of the molecule is N[C@H](CC(F)F)c1cc(C(F)(F)F)ccc1Cl. The Labute approximate surface area is 99.4 Å². The van der Waals surface area contributed by atoms with Crippen molar-refractivity contribution in [2.24, 2.45) is 5.73 Å². The largest absolute Gasteiger partial charge is 0.416 e. The summed E-state index contributed by atoms with van der Waals surface area (Å²) in [6.45, 7) is 0. The molecule has 0 aliphatic heterocycles. The summed E-state index contributed by atoms with van der Waals surface area (Å²) in [5, 5.41) is -0.0499. The highest BCUT2D eigenvalue weighted by molar-refractivity contribution is 6.31.